The Morgan fingerprint density at radius 2 is 1.67 bits per heavy atom. The van der Waals surface area contributed by atoms with Gasteiger partial charge in [-0.3, -0.25) is 14.4 Å². The van der Waals surface area contributed by atoms with Gasteiger partial charge in [-0.05, 0) is 17.0 Å². The van der Waals surface area contributed by atoms with Crippen LogP contribution in [0.5, 0.6) is 0 Å². The van der Waals surface area contributed by atoms with Crippen LogP contribution in [0.25, 0.3) is 0 Å². The van der Waals surface area contributed by atoms with Crippen molar-refractivity contribution in [2.24, 2.45) is 0 Å². The minimum absolute atomic E-state index is 0.0131. The third-order valence-electron chi connectivity index (χ3n) is 4.61. The molecule has 27 heavy (non-hydrogen) atoms. The predicted molar refractivity (Wildman–Crippen MR) is 104 cm³/mol. The van der Waals surface area contributed by atoms with E-state index in [1.165, 1.54) is 18.3 Å². The zero-order valence-electron chi connectivity index (χ0n) is 15.3. The fourth-order valence-electron chi connectivity index (χ4n) is 3.20. The number of thiophene rings is 1. The number of nitrogens with one attached hydrogen (secondary N) is 1. The van der Waals surface area contributed by atoms with Crippen LogP contribution in [-0.2, 0) is 9.59 Å². The molecule has 1 aliphatic heterocycles. The van der Waals surface area contributed by atoms with Crippen LogP contribution in [0.3, 0.4) is 0 Å². The first kappa shape index (κ1) is 19.1. The third-order valence-corrected chi connectivity index (χ3v) is 5.47. The number of carbonyl (C=O) groups excluding carboxylic acids is 3. The van der Waals surface area contributed by atoms with Gasteiger partial charge in [-0.2, -0.15) is 0 Å². The fourth-order valence-corrected chi connectivity index (χ4v) is 3.89. The van der Waals surface area contributed by atoms with Crippen LogP contribution >= 0.6 is 11.3 Å². The van der Waals surface area contributed by atoms with Crippen molar-refractivity contribution in [3.8, 4) is 0 Å². The molecule has 3 rings (SSSR count). The minimum Gasteiger partial charge on any atom is -0.349 e. The van der Waals surface area contributed by atoms with E-state index in [-0.39, 0.29) is 30.2 Å². The molecule has 1 atom stereocenters. The summed E-state index contributed by atoms with van der Waals surface area (Å²) in [7, 11) is 0. The van der Waals surface area contributed by atoms with Gasteiger partial charge in [0.15, 0.2) is 0 Å². The topological polar surface area (TPSA) is 69.7 Å². The van der Waals surface area contributed by atoms with Gasteiger partial charge in [0.2, 0.25) is 11.8 Å². The van der Waals surface area contributed by atoms with Crippen LogP contribution in [0.2, 0.25) is 0 Å². The highest BCUT2D eigenvalue weighted by molar-refractivity contribution is 7.12. The van der Waals surface area contributed by atoms with Gasteiger partial charge in [-0.1, -0.05) is 36.4 Å². The second-order valence-electron chi connectivity index (χ2n) is 6.52. The highest BCUT2D eigenvalue weighted by Gasteiger charge is 2.27. The molecule has 0 radical (unpaired) electrons. The van der Waals surface area contributed by atoms with E-state index in [0.717, 1.165) is 10.4 Å². The lowest BCUT2D eigenvalue weighted by atomic mass is 10.0. The molecule has 6 nitrogen and oxygen atoms in total. The number of rotatable bonds is 5. The molecule has 1 aliphatic rings. The van der Waals surface area contributed by atoms with Crippen molar-refractivity contribution in [1.82, 2.24) is 15.1 Å². The first-order chi connectivity index (χ1) is 13.0. The van der Waals surface area contributed by atoms with Crippen molar-refractivity contribution in [3.63, 3.8) is 0 Å². The number of carbonyl (C=O) groups is 3. The number of piperazine rings is 1. The standard InChI is InChI=1S/C20H23N3O3S/c1-15(24)21-17(16-6-3-2-4-7-16)14-19(25)22-9-11-23(12-10-22)20(26)18-8-5-13-27-18/h2-8,13,17H,9-12,14H2,1H3,(H,21,24)/t17-/m1/s1. The van der Waals surface area contributed by atoms with Crippen LogP contribution in [0, 0.1) is 0 Å². The lowest BCUT2D eigenvalue weighted by Crippen LogP contribution is -2.51. The summed E-state index contributed by atoms with van der Waals surface area (Å²) in [6.07, 6.45) is 0.211. The zero-order valence-corrected chi connectivity index (χ0v) is 16.1. The number of hydrogen-bond acceptors (Lipinski definition) is 4. The maximum absolute atomic E-state index is 12.7. The van der Waals surface area contributed by atoms with Gasteiger partial charge < -0.3 is 15.1 Å². The van der Waals surface area contributed by atoms with E-state index in [1.807, 2.05) is 47.8 Å². The highest BCUT2D eigenvalue weighted by atomic mass is 32.1. The normalized spacial score (nSPS) is 15.3. The molecule has 0 bridgehead atoms. The van der Waals surface area contributed by atoms with Gasteiger partial charge in [0.25, 0.3) is 5.91 Å². The van der Waals surface area contributed by atoms with Crippen molar-refractivity contribution in [2.75, 3.05) is 26.2 Å². The molecule has 2 aromatic rings. The van der Waals surface area contributed by atoms with E-state index < -0.39 is 0 Å². The SMILES string of the molecule is CC(=O)N[C@H](CC(=O)N1CCN(C(=O)c2cccs2)CC1)c1ccccc1. The van der Waals surface area contributed by atoms with Crippen molar-refractivity contribution in [1.29, 1.82) is 0 Å². The van der Waals surface area contributed by atoms with Gasteiger partial charge in [0.05, 0.1) is 17.3 Å². The Balaban J connectivity index is 1.58. The summed E-state index contributed by atoms with van der Waals surface area (Å²) < 4.78 is 0. The summed E-state index contributed by atoms with van der Waals surface area (Å²) in [5.74, 6) is -0.152. The maximum atomic E-state index is 12.7. The average Bonchev–Trinajstić information content (AvgIpc) is 3.22. The monoisotopic (exact) mass is 385 g/mol. The summed E-state index contributed by atoms with van der Waals surface area (Å²) in [6.45, 7) is 3.53. The van der Waals surface area contributed by atoms with E-state index in [4.69, 9.17) is 0 Å². The summed E-state index contributed by atoms with van der Waals surface area (Å²) >= 11 is 1.43. The number of hydrogen-bond donors (Lipinski definition) is 1. The summed E-state index contributed by atoms with van der Waals surface area (Å²) in [6, 6.07) is 12.8. The Hall–Kier alpha value is -2.67. The van der Waals surface area contributed by atoms with Gasteiger partial charge in [0, 0.05) is 33.1 Å². The molecule has 1 fully saturated rings. The van der Waals surface area contributed by atoms with Crippen molar-refractivity contribution >= 4 is 29.1 Å². The molecular weight excluding hydrogens is 362 g/mol. The van der Waals surface area contributed by atoms with Crippen molar-refractivity contribution < 1.29 is 14.4 Å². The lowest BCUT2D eigenvalue weighted by molar-refractivity contribution is -0.133. The molecule has 3 amide bonds. The summed E-state index contributed by atoms with van der Waals surface area (Å²) in [5.41, 5.74) is 0.910. The van der Waals surface area contributed by atoms with Gasteiger partial charge in [0.1, 0.15) is 0 Å². The van der Waals surface area contributed by atoms with Crippen molar-refractivity contribution in [3.05, 3.63) is 58.3 Å². The van der Waals surface area contributed by atoms with Crippen LogP contribution in [-0.4, -0.2) is 53.7 Å². The molecule has 1 aromatic carbocycles. The van der Waals surface area contributed by atoms with E-state index in [1.54, 1.807) is 9.80 Å². The Bertz CT molecular complexity index is 784. The van der Waals surface area contributed by atoms with E-state index in [2.05, 4.69) is 5.32 Å². The fraction of sp³-hybridized carbons (Fsp3) is 0.350. The molecule has 7 heteroatoms. The third kappa shape index (κ3) is 4.95. The molecule has 142 valence electrons. The molecule has 0 spiro atoms. The Morgan fingerprint density at radius 1 is 1.00 bits per heavy atom. The minimum atomic E-state index is -0.345. The number of nitrogens with zero attached hydrogens (tertiary/aromatic N) is 2. The van der Waals surface area contributed by atoms with Crippen LogP contribution in [0.15, 0.2) is 47.8 Å². The highest BCUT2D eigenvalue weighted by Crippen LogP contribution is 2.19. The number of amides is 3. The molecule has 1 N–H and O–H groups in total. The van der Waals surface area contributed by atoms with Crippen molar-refractivity contribution in [2.45, 2.75) is 19.4 Å². The lowest BCUT2D eigenvalue weighted by Gasteiger charge is -2.35. The van der Waals surface area contributed by atoms with Gasteiger partial charge >= 0.3 is 0 Å². The molecule has 0 unspecified atom stereocenters. The van der Waals surface area contributed by atoms with Crippen LogP contribution < -0.4 is 5.32 Å². The smallest absolute Gasteiger partial charge is 0.264 e. The molecule has 2 heterocycles. The Kier molecular flexibility index (Phi) is 6.24. The second-order valence-corrected chi connectivity index (χ2v) is 7.47. The molecule has 0 saturated carbocycles. The largest absolute Gasteiger partial charge is 0.349 e. The predicted octanol–water partition coefficient (Wildman–Crippen LogP) is 2.30. The van der Waals surface area contributed by atoms with E-state index in [0.29, 0.717) is 26.2 Å². The second kappa shape index (κ2) is 8.81. The quantitative estimate of drug-likeness (QED) is 0.859. The van der Waals surface area contributed by atoms with E-state index in [9.17, 15) is 14.4 Å². The summed E-state index contributed by atoms with van der Waals surface area (Å²) in [5, 5.41) is 4.75. The van der Waals surface area contributed by atoms with Gasteiger partial charge in [-0.25, -0.2) is 0 Å². The molecule has 0 aliphatic carbocycles. The first-order valence-corrected chi connectivity index (χ1v) is 9.85. The first-order valence-electron chi connectivity index (χ1n) is 8.97. The zero-order chi connectivity index (χ0) is 19.2. The van der Waals surface area contributed by atoms with E-state index >= 15 is 0 Å². The summed E-state index contributed by atoms with van der Waals surface area (Å²) in [4.78, 5) is 41.0. The van der Waals surface area contributed by atoms with Crippen LogP contribution in [0.1, 0.15) is 34.6 Å². The Morgan fingerprint density at radius 3 is 2.26 bits per heavy atom. The molecule has 1 saturated heterocycles. The van der Waals surface area contributed by atoms with Crippen LogP contribution in [0.4, 0.5) is 0 Å². The van der Waals surface area contributed by atoms with Gasteiger partial charge in [-0.15, -0.1) is 11.3 Å². The number of benzene rings is 1. The molecular formula is C20H23N3O3S. The Labute approximate surface area is 162 Å². The molecule has 1 aromatic heterocycles. The average molecular weight is 385 g/mol. The maximum Gasteiger partial charge on any atom is 0.264 e.